The van der Waals surface area contributed by atoms with Crippen LogP contribution >= 0.6 is 0 Å². The number of amides is 2. The maximum absolute atomic E-state index is 12.1. The van der Waals surface area contributed by atoms with E-state index in [9.17, 15) is 9.59 Å². The van der Waals surface area contributed by atoms with Crippen LogP contribution in [0.2, 0.25) is 0 Å². The summed E-state index contributed by atoms with van der Waals surface area (Å²) in [4.78, 5) is 25.7. The summed E-state index contributed by atoms with van der Waals surface area (Å²) in [6, 6.07) is -0.279. The molecule has 0 aromatic rings. The summed E-state index contributed by atoms with van der Waals surface area (Å²) in [5, 5.41) is 17.7. The zero-order valence-corrected chi connectivity index (χ0v) is 10.3. The third-order valence-corrected chi connectivity index (χ3v) is 3.03. The number of hydrogen-bond acceptors (Lipinski definition) is 3. The van der Waals surface area contributed by atoms with Gasteiger partial charge in [0.2, 0.25) is 0 Å². The van der Waals surface area contributed by atoms with Crippen molar-refractivity contribution in [3.05, 3.63) is 0 Å². The zero-order valence-electron chi connectivity index (χ0n) is 10.3. The number of rotatable bonds is 6. The molecule has 17 heavy (non-hydrogen) atoms. The Bertz CT molecular complexity index is 291. The second-order valence-corrected chi connectivity index (χ2v) is 4.49. The first kappa shape index (κ1) is 13.8. The SMILES string of the molecule is CC(CO)N(C)C(=O)N(CCC(=O)O)C1CC1. The topological polar surface area (TPSA) is 81.1 Å². The molecule has 0 bridgehead atoms. The van der Waals surface area contributed by atoms with Gasteiger partial charge in [0.05, 0.1) is 19.1 Å². The summed E-state index contributed by atoms with van der Waals surface area (Å²) >= 11 is 0. The molecule has 1 rings (SSSR count). The maximum Gasteiger partial charge on any atom is 0.320 e. The fourth-order valence-electron chi connectivity index (χ4n) is 1.55. The van der Waals surface area contributed by atoms with Gasteiger partial charge in [-0.3, -0.25) is 4.79 Å². The molecule has 6 nitrogen and oxygen atoms in total. The van der Waals surface area contributed by atoms with E-state index < -0.39 is 5.97 Å². The van der Waals surface area contributed by atoms with Crippen LogP contribution in [0.15, 0.2) is 0 Å². The summed E-state index contributed by atoms with van der Waals surface area (Å²) in [7, 11) is 1.62. The number of aliphatic hydroxyl groups excluding tert-OH is 1. The van der Waals surface area contributed by atoms with Crippen molar-refractivity contribution < 1.29 is 19.8 Å². The van der Waals surface area contributed by atoms with Crippen molar-refractivity contribution >= 4 is 12.0 Å². The lowest BCUT2D eigenvalue weighted by molar-refractivity contribution is -0.137. The molecule has 0 radical (unpaired) electrons. The summed E-state index contributed by atoms with van der Waals surface area (Å²) in [6.07, 6.45) is 1.84. The minimum atomic E-state index is -0.902. The van der Waals surface area contributed by atoms with Gasteiger partial charge < -0.3 is 20.0 Å². The monoisotopic (exact) mass is 244 g/mol. The average molecular weight is 244 g/mol. The molecule has 0 heterocycles. The van der Waals surface area contributed by atoms with Crippen molar-refractivity contribution in [3.63, 3.8) is 0 Å². The van der Waals surface area contributed by atoms with E-state index in [0.29, 0.717) is 0 Å². The highest BCUT2D eigenvalue weighted by atomic mass is 16.4. The molecule has 1 aliphatic carbocycles. The first-order valence-electron chi connectivity index (χ1n) is 5.83. The molecule has 0 aliphatic heterocycles. The minimum Gasteiger partial charge on any atom is -0.481 e. The number of hydrogen-bond donors (Lipinski definition) is 2. The van der Waals surface area contributed by atoms with Crippen LogP contribution in [0.25, 0.3) is 0 Å². The van der Waals surface area contributed by atoms with Gasteiger partial charge in [-0.25, -0.2) is 4.79 Å². The van der Waals surface area contributed by atoms with Crippen molar-refractivity contribution in [2.45, 2.75) is 38.3 Å². The van der Waals surface area contributed by atoms with E-state index in [1.807, 2.05) is 0 Å². The fourth-order valence-corrected chi connectivity index (χ4v) is 1.55. The Morgan fingerprint density at radius 1 is 1.41 bits per heavy atom. The number of aliphatic carboxylic acids is 1. The van der Waals surface area contributed by atoms with Crippen molar-refractivity contribution in [1.82, 2.24) is 9.80 Å². The molecular weight excluding hydrogens is 224 g/mol. The quantitative estimate of drug-likeness (QED) is 0.706. The average Bonchev–Trinajstić information content (AvgIpc) is 3.10. The molecule has 0 aromatic heterocycles. The second kappa shape index (κ2) is 5.86. The first-order chi connectivity index (χ1) is 7.97. The number of aliphatic hydroxyl groups is 1. The number of urea groups is 1. The largest absolute Gasteiger partial charge is 0.481 e. The van der Waals surface area contributed by atoms with Crippen LogP contribution in [0.3, 0.4) is 0 Å². The molecule has 98 valence electrons. The van der Waals surface area contributed by atoms with Gasteiger partial charge in [0.15, 0.2) is 0 Å². The van der Waals surface area contributed by atoms with E-state index in [4.69, 9.17) is 10.2 Å². The Morgan fingerprint density at radius 3 is 2.41 bits per heavy atom. The van der Waals surface area contributed by atoms with E-state index in [1.54, 1.807) is 18.9 Å². The van der Waals surface area contributed by atoms with Crippen molar-refractivity contribution in [2.75, 3.05) is 20.2 Å². The van der Waals surface area contributed by atoms with E-state index in [-0.39, 0.29) is 37.7 Å². The number of carbonyl (C=O) groups excluding carboxylic acids is 1. The van der Waals surface area contributed by atoms with Gasteiger partial charge >= 0.3 is 12.0 Å². The lowest BCUT2D eigenvalue weighted by Gasteiger charge is -2.31. The Balaban J connectivity index is 2.57. The highest BCUT2D eigenvalue weighted by Crippen LogP contribution is 2.28. The van der Waals surface area contributed by atoms with Crippen molar-refractivity contribution in [1.29, 1.82) is 0 Å². The molecule has 0 aromatic carbocycles. The highest BCUT2D eigenvalue weighted by Gasteiger charge is 2.34. The normalized spacial score (nSPS) is 16.4. The fraction of sp³-hybridized carbons (Fsp3) is 0.818. The Morgan fingerprint density at radius 2 is 2.00 bits per heavy atom. The van der Waals surface area contributed by atoms with Crippen LogP contribution in [0.5, 0.6) is 0 Å². The van der Waals surface area contributed by atoms with Crippen molar-refractivity contribution in [2.24, 2.45) is 0 Å². The Hall–Kier alpha value is -1.30. The van der Waals surface area contributed by atoms with Gasteiger partial charge in [-0.15, -0.1) is 0 Å². The number of carboxylic acid groups (broad SMARTS) is 1. The van der Waals surface area contributed by atoms with Gasteiger partial charge in [-0.2, -0.15) is 0 Å². The molecule has 1 aliphatic rings. The third kappa shape index (κ3) is 3.89. The summed E-state index contributed by atoms with van der Waals surface area (Å²) in [5.74, 6) is -0.902. The van der Waals surface area contributed by atoms with Crippen LogP contribution < -0.4 is 0 Å². The first-order valence-corrected chi connectivity index (χ1v) is 5.83. The molecule has 1 fully saturated rings. The zero-order chi connectivity index (χ0) is 13.0. The van der Waals surface area contributed by atoms with Crippen LogP contribution in [0.1, 0.15) is 26.2 Å². The van der Waals surface area contributed by atoms with E-state index in [0.717, 1.165) is 12.8 Å². The Kier molecular flexibility index (Phi) is 4.74. The second-order valence-electron chi connectivity index (χ2n) is 4.49. The molecule has 1 saturated carbocycles. The lowest BCUT2D eigenvalue weighted by atomic mass is 10.3. The number of carboxylic acids is 1. The number of nitrogens with zero attached hydrogens (tertiary/aromatic N) is 2. The Labute approximate surface area is 101 Å². The van der Waals surface area contributed by atoms with Gasteiger partial charge in [0, 0.05) is 19.6 Å². The van der Waals surface area contributed by atoms with E-state index >= 15 is 0 Å². The lowest BCUT2D eigenvalue weighted by Crippen LogP contribution is -2.47. The van der Waals surface area contributed by atoms with Gasteiger partial charge in [0.1, 0.15) is 0 Å². The molecule has 0 spiro atoms. The molecule has 0 saturated heterocycles. The minimum absolute atomic E-state index is 0.0381. The summed E-state index contributed by atoms with van der Waals surface area (Å²) < 4.78 is 0. The highest BCUT2D eigenvalue weighted by molar-refractivity contribution is 5.76. The van der Waals surface area contributed by atoms with Gasteiger partial charge in [0.25, 0.3) is 0 Å². The predicted molar refractivity (Wildman–Crippen MR) is 61.7 cm³/mol. The molecule has 1 atom stereocenters. The standard InChI is InChI=1S/C11H20N2O4/c1-8(7-14)12(2)11(17)13(9-3-4-9)6-5-10(15)16/h8-9,14H,3-7H2,1-2H3,(H,15,16). The third-order valence-electron chi connectivity index (χ3n) is 3.03. The van der Waals surface area contributed by atoms with Crippen molar-refractivity contribution in [3.8, 4) is 0 Å². The molecule has 2 N–H and O–H groups in total. The maximum atomic E-state index is 12.1. The summed E-state index contributed by atoms with van der Waals surface area (Å²) in [6.45, 7) is 1.89. The molecule has 2 amide bonds. The number of likely N-dealkylation sites (N-methyl/N-ethyl adjacent to an activating group) is 1. The summed E-state index contributed by atoms with van der Waals surface area (Å²) in [5.41, 5.74) is 0. The van der Waals surface area contributed by atoms with Crippen LogP contribution in [-0.4, -0.2) is 64.3 Å². The molecule has 6 heteroatoms. The van der Waals surface area contributed by atoms with E-state index in [1.165, 1.54) is 4.90 Å². The van der Waals surface area contributed by atoms with Gasteiger partial charge in [-0.1, -0.05) is 0 Å². The molecular formula is C11H20N2O4. The van der Waals surface area contributed by atoms with Crippen LogP contribution in [-0.2, 0) is 4.79 Å². The van der Waals surface area contributed by atoms with E-state index in [2.05, 4.69) is 0 Å². The van der Waals surface area contributed by atoms with Gasteiger partial charge in [-0.05, 0) is 19.8 Å². The molecule has 1 unspecified atom stereocenters. The predicted octanol–water partition coefficient (Wildman–Crippen LogP) is 0.358. The smallest absolute Gasteiger partial charge is 0.320 e. The number of carbonyl (C=O) groups is 2. The van der Waals surface area contributed by atoms with Crippen LogP contribution in [0, 0.1) is 0 Å². The van der Waals surface area contributed by atoms with Crippen LogP contribution in [0.4, 0.5) is 4.79 Å².